The second-order valence-corrected chi connectivity index (χ2v) is 6.19. The zero-order valence-corrected chi connectivity index (χ0v) is 13.4. The molecule has 0 fully saturated rings. The molecule has 0 heterocycles. The van der Waals surface area contributed by atoms with Crippen molar-refractivity contribution >= 4 is 35.4 Å². The minimum atomic E-state index is -0.994. The summed E-state index contributed by atoms with van der Waals surface area (Å²) in [5, 5.41) is 11.7. The predicted molar refractivity (Wildman–Crippen MR) is 84.8 cm³/mol. The second kappa shape index (κ2) is 8.21. The highest BCUT2D eigenvalue weighted by Gasteiger charge is 2.21. The topological polar surface area (TPSA) is 66.4 Å². The van der Waals surface area contributed by atoms with Gasteiger partial charge in [-0.25, -0.2) is 4.79 Å². The molecule has 0 radical (unpaired) electrons. The van der Waals surface area contributed by atoms with E-state index < -0.39 is 12.0 Å². The van der Waals surface area contributed by atoms with E-state index >= 15 is 0 Å². The molecule has 110 valence electrons. The zero-order chi connectivity index (χ0) is 15.1. The maximum absolute atomic E-state index is 12.2. The number of amides is 1. The normalized spacial score (nSPS) is 11.9. The van der Waals surface area contributed by atoms with Gasteiger partial charge < -0.3 is 10.4 Å². The van der Waals surface area contributed by atoms with Gasteiger partial charge in [-0.2, -0.15) is 11.8 Å². The molecule has 1 atom stereocenters. The summed E-state index contributed by atoms with van der Waals surface area (Å²) in [7, 11) is 0. The molecule has 0 aliphatic carbocycles. The molecule has 0 saturated carbocycles. The highest BCUT2D eigenvalue weighted by Crippen LogP contribution is 2.19. The molecule has 20 heavy (non-hydrogen) atoms. The van der Waals surface area contributed by atoms with Crippen LogP contribution in [0.25, 0.3) is 0 Å². The third-order valence-corrected chi connectivity index (χ3v) is 4.27. The molecule has 1 aromatic rings. The van der Waals surface area contributed by atoms with Gasteiger partial charge in [0.15, 0.2) is 0 Å². The first-order valence-corrected chi connectivity index (χ1v) is 8.78. The first-order chi connectivity index (χ1) is 9.49. The third kappa shape index (κ3) is 4.76. The van der Waals surface area contributed by atoms with Crippen LogP contribution in [0.1, 0.15) is 22.3 Å². The maximum atomic E-state index is 12.2. The molecule has 1 amide bonds. The van der Waals surface area contributed by atoms with Gasteiger partial charge in [-0.1, -0.05) is 6.07 Å². The van der Waals surface area contributed by atoms with E-state index in [-0.39, 0.29) is 5.91 Å². The van der Waals surface area contributed by atoms with Gasteiger partial charge >= 0.3 is 5.97 Å². The Kier molecular flexibility index (Phi) is 6.95. The van der Waals surface area contributed by atoms with E-state index in [0.29, 0.717) is 17.7 Å². The van der Waals surface area contributed by atoms with Crippen LogP contribution in [0, 0.1) is 6.92 Å². The summed E-state index contributed by atoms with van der Waals surface area (Å²) in [6.07, 6.45) is 4.27. The van der Waals surface area contributed by atoms with Gasteiger partial charge in [-0.3, -0.25) is 4.79 Å². The lowest BCUT2D eigenvalue weighted by atomic mass is 10.1. The van der Waals surface area contributed by atoms with Crippen LogP contribution in [0.15, 0.2) is 23.1 Å². The molecule has 0 aliphatic heterocycles. The van der Waals surface area contributed by atoms with Crippen molar-refractivity contribution in [1.29, 1.82) is 0 Å². The van der Waals surface area contributed by atoms with Crippen molar-refractivity contribution in [2.75, 3.05) is 18.3 Å². The number of thioether (sulfide) groups is 2. The van der Waals surface area contributed by atoms with Crippen molar-refractivity contribution in [3.63, 3.8) is 0 Å². The standard InChI is InChI=1S/C14H19NO3S2/c1-9-4-5-10(20-3)8-11(9)13(16)15-12(14(17)18)6-7-19-2/h4-5,8,12H,6-7H2,1-3H3,(H,15,16)(H,17,18). The molecule has 1 unspecified atom stereocenters. The lowest BCUT2D eigenvalue weighted by Gasteiger charge is -2.15. The fourth-order valence-corrected chi connectivity index (χ4v) is 2.61. The predicted octanol–water partition coefficient (Wildman–Crippen LogP) is 2.65. The quantitative estimate of drug-likeness (QED) is 0.758. The number of aryl methyl sites for hydroxylation is 1. The molecule has 1 rings (SSSR count). The minimum Gasteiger partial charge on any atom is -0.480 e. The summed E-state index contributed by atoms with van der Waals surface area (Å²) in [6, 6.07) is 4.77. The lowest BCUT2D eigenvalue weighted by molar-refractivity contribution is -0.139. The number of hydrogen-bond donors (Lipinski definition) is 2. The Bertz CT molecular complexity index is 491. The Morgan fingerprint density at radius 3 is 2.60 bits per heavy atom. The van der Waals surface area contributed by atoms with Crippen LogP contribution in [0.5, 0.6) is 0 Å². The second-order valence-electron chi connectivity index (χ2n) is 4.33. The molecule has 0 aliphatic rings. The van der Waals surface area contributed by atoms with E-state index in [1.807, 2.05) is 31.6 Å². The van der Waals surface area contributed by atoms with E-state index in [1.165, 1.54) is 0 Å². The SMILES string of the molecule is CSCCC(NC(=O)c1cc(SC)ccc1C)C(=O)O. The first-order valence-electron chi connectivity index (χ1n) is 6.16. The van der Waals surface area contributed by atoms with Crippen LogP contribution >= 0.6 is 23.5 Å². The summed E-state index contributed by atoms with van der Waals surface area (Å²) >= 11 is 3.11. The van der Waals surface area contributed by atoms with Crippen LogP contribution in [-0.2, 0) is 4.79 Å². The molecule has 0 spiro atoms. The molecular weight excluding hydrogens is 294 g/mol. The van der Waals surface area contributed by atoms with Gasteiger partial charge in [0.2, 0.25) is 0 Å². The van der Waals surface area contributed by atoms with Crippen LogP contribution in [0.3, 0.4) is 0 Å². The summed E-state index contributed by atoms with van der Waals surface area (Å²) in [4.78, 5) is 24.4. The lowest BCUT2D eigenvalue weighted by Crippen LogP contribution is -2.41. The van der Waals surface area contributed by atoms with Gasteiger partial charge in [-0.15, -0.1) is 11.8 Å². The summed E-state index contributed by atoms with van der Waals surface area (Å²) < 4.78 is 0. The summed E-state index contributed by atoms with van der Waals surface area (Å²) in [6.45, 7) is 1.84. The van der Waals surface area contributed by atoms with Crippen molar-refractivity contribution < 1.29 is 14.7 Å². The number of rotatable bonds is 7. The van der Waals surface area contributed by atoms with Crippen molar-refractivity contribution in [3.05, 3.63) is 29.3 Å². The van der Waals surface area contributed by atoms with E-state index in [9.17, 15) is 9.59 Å². The Labute approximate surface area is 127 Å². The van der Waals surface area contributed by atoms with Crippen LogP contribution in [0.4, 0.5) is 0 Å². The van der Waals surface area contributed by atoms with Crippen molar-refractivity contribution in [3.8, 4) is 0 Å². The summed E-state index contributed by atoms with van der Waals surface area (Å²) in [5.74, 6) is -0.626. The van der Waals surface area contributed by atoms with Gasteiger partial charge in [0, 0.05) is 10.5 Å². The van der Waals surface area contributed by atoms with Gasteiger partial charge in [0.05, 0.1) is 0 Å². The van der Waals surface area contributed by atoms with Crippen molar-refractivity contribution in [1.82, 2.24) is 5.32 Å². The fraction of sp³-hybridized carbons (Fsp3) is 0.429. The largest absolute Gasteiger partial charge is 0.480 e. The monoisotopic (exact) mass is 313 g/mol. The van der Waals surface area contributed by atoms with Gasteiger partial charge in [0.1, 0.15) is 6.04 Å². The number of nitrogens with one attached hydrogen (secondary N) is 1. The molecule has 0 saturated heterocycles. The number of aliphatic carboxylic acids is 1. The number of carboxylic acid groups (broad SMARTS) is 1. The Morgan fingerprint density at radius 2 is 2.05 bits per heavy atom. The van der Waals surface area contributed by atoms with Crippen LogP contribution in [-0.4, -0.2) is 41.3 Å². The maximum Gasteiger partial charge on any atom is 0.326 e. The molecule has 4 nitrogen and oxygen atoms in total. The highest BCUT2D eigenvalue weighted by atomic mass is 32.2. The first kappa shape index (κ1) is 16.9. The average Bonchev–Trinajstić information content (AvgIpc) is 2.43. The number of hydrogen-bond acceptors (Lipinski definition) is 4. The Balaban J connectivity index is 2.85. The fourth-order valence-electron chi connectivity index (χ4n) is 1.70. The molecule has 0 aromatic heterocycles. The van der Waals surface area contributed by atoms with E-state index in [0.717, 1.165) is 10.5 Å². The van der Waals surface area contributed by atoms with E-state index in [2.05, 4.69) is 5.32 Å². The average molecular weight is 313 g/mol. The molecular formula is C14H19NO3S2. The Morgan fingerprint density at radius 1 is 1.35 bits per heavy atom. The zero-order valence-electron chi connectivity index (χ0n) is 11.8. The van der Waals surface area contributed by atoms with Crippen LogP contribution in [0.2, 0.25) is 0 Å². The molecule has 1 aromatic carbocycles. The molecule has 6 heteroatoms. The number of benzene rings is 1. The number of carbonyl (C=O) groups excluding carboxylic acids is 1. The van der Waals surface area contributed by atoms with Crippen molar-refractivity contribution in [2.45, 2.75) is 24.3 Å². The summed E-state index contributed by atoms with van der Waals surface area (Å²) in [5.41, 5.74) is 1.38. The smallest absolute Gasteiger partial charge is 0.326 e. The third-order valence-electron chi connectivity index (χ3n) is 2.90. The minimum absolute atomic E-state index is 0.327. The van der Waals surface area contributed by atoms with Gasteiger partial charge in [-0.05, 0) is 49.3 Å². The van der Waals surface area contributed by atoms with E-state index in [1.54, 1.807) is 29.6 Å². The highest BCUT2D eigenvalue weighted by molar-refractivity contribution is 7.98. The van der Waals surface area contributed by atoms with Crippen LogP contribution < -0.4 is 5.32 Å². The Hall–Kier alpha value is -1.14. The number of carbonyl (C=O) groups is 2. The van der Waals surface area contributed by atoms with Gasteiger partial charge in [0.25, 0.3) is 5.91 Å². The molecule has 2 N–H and O–H groups in total. The number of carboxylic acids is 1. The van der Waals surface area contributed by atoms with E-state index in [4.69, 9.17) is 5.11 Å². The molecule has 0 bridgehead atoms. The van der Waals surface area contributed by atoms with Crippen molar-refractivity contribution in [2.24, 2.45) is 0 Å².